The standard InChI is InChI=1S/C45H51ClN6O5Si/c1-29-42(58(3,4)35-18-16-34(56-2)17-19-35)41(21-23-51-27-39(49-50-51)36(28-53)31-11-6-5-7-12-31)57-45(29)37-25-32(46)15-20-40(37)52(44(45)55)26-30-10-8-13-33(24-30)48-43(54)38-14-9-22-47-38/h5-8,10-13,15-20,24-25,27,29,36,38,41-42,47,53H,9,14,21-23,26,28H2,1-4H3,(H,48,54)/t29-,36?,38+,41+,42-,45+/m0/s1. The molecule has 13 heteroatoms. The minimum absolute atomic E-state index is 0.0110. The number of nitrogens with one attached hydrogen (secondary N) is 2. The van der Waals surface area contributed by atoms with Crippen LogP contribution in [0.1, 0.15) is 54.5 Å². The number of rotatable bonds is 13. The quantitative estimate of drug-likeness (QED) is 0.113. The van der Waals surface area contributed by atoms with Crippen molar-refractivity contribution in [1.29, 1.82) is 0 Å². The topological polar surface area (TPSA) is 131 Å². The van der Waals surface area contributed by atoms with Crippen LogP contribution >= 0.6 is 11.6 Å². The second-order valence-electron chi connectivity index (χ2n) is 16.4. The molecule has 3 aliphatic heterocycles. The monoisotopic (exact) mass is 818 g/mol. The Morgan fingerprint density at radius 2 is 1.88 bits per heavy atom. The first-order chi connectivity index (χ1) is 28.0. The first-order valence-corrected chi connectivity index (χ1v) is 23.6. The molecule has 0 aliphatic carbocycles. The molecule has 1 aromatic heterocycles. The van der Waals surface area contributed by atoms with Gasteiger partial charge in [-0.25, -0.2) is 0 Å². The van der Waals surface area contributed by atoms with Crippen molar-refractivity contribution in [3.05, 3.63) is 131 Å². The Bertz CT molecular complexity index is 2270. The van der Waals surface area contributed by atoms with Crippen LogP contribution in [0.4, 0.5) is 11.4 Å². The number of aryl methyl sites for hydroxylation is 1. The number of ether oxygens (including phenoxy) is 2. The van der Waals surface area contributed by atoms with Gasteiger partial charge in [0.2, 0.25) is 5.91 Å². The summed E-state index contributed by atoms with van der Waals surface area (Å²) in [6.45, 7) is 8.44. The zero-order valence-electron chi connectivity index (χ0n) is 33.4. The van der Waals surface area contributed by atoms with E-state index in [1.54, 1.807) is 7.11 Å². The molecule has 4 heterocycles. The van der Waals surface area contributed by atoms with Crippen LogP contribution in [0.15, 0.2) is 103 Å². The van der Waals surface area contributed by atoms with Crippen molar-refractivity contribution in [3.8, 4) is 5.75 Å². The molecule has 4 aromatic carbocycles. The van der Waals surface area contributed by atoms with E-state index in [9.17, 15) is 9.90 Å². The van der Waals surface area contributed by atoms with Gasteiger partial charge in [0, 0.05) is 34.9 Å². The predicted octanol–water partition coefficient (Wildman–Crippen LogP) is 6.61. The molecule has 0 bridgehead atoms. The molecular formula is C45H51ClN6O5Si. The number of anilines is 2. The number of halogens is 1. The van der Waals surface area contributed by atoms with Gasteiger partial charge in [-0.2, -0.15) is 0 Å². The zero-order chi connectivity index (χ0) is 40.6. The van der Waals surface area contributed by atoms with E-state index in [4.69, 9.17) is 21.1 Å². The first-order valence-electron chi connectivity index (χ1n) is 20.2. The Morgan fingerprint density at radius 1 is 1.09 bits per heavy atom. The van der Waals surface area contributed by atoms with Gasteiger partial charge in [0.15, 0.2) is 5.60 Å². The molecule has 2 saturated heterocycles. The fourth-order valence-electron chi connectivity index (χ4n) is 9.68. The van der Waals surface area contributed by atoms with Crippen LogP contribution in [-0.4, -0.2) is 72.4 Å². The molecule has 3 aliphatic rings. The molecular weight excluding hydrogens is 768 g/mol. The highest BCUT2D eigenvalue weighted by molar-refractivity contribution is 6.91. The maximum absolute atomic E-state index is 15.3. The van der Waals surface area contributed by atoms with Crippen molar-refractivity contribution in [1.82, 2.24) is 20.3 Å². The molecule has 5 aromatic rings. The number of aliphatic hydroxyl groups excluding tert-OH is 1. The second-order valence-corrected chi connectivity index (χ2v) is 21.5. The van der Waals surface area contributed by atoms with Gasteiger partial charge in [-0.15, -0.1) is 5.10 Å². The van der Waals surface area contributed by atoms with Gasteiger partial charge in [0.05, 0.1) is 57.8 Å². The van der Waals surface area contributed by atoms with E-state index in [2.05, 4.69) is 53.1 Å². The van der Waals surface area contributed by atoms with Gasteiger partial charge in [-0.1, -0.05) is 96.6 Å². The van der Waals surface area contributed by atoms with Gasteiger partial charge in [0.25, 0.3) is 5.91 Å². The lowest BCUT2D eigenvalue weighted by Crippen LogP contribution is -2.51. The van der Waals surface area contributed by atoms with Crippen LogP contribution in [0.5, 0.6) is 5.75 Å². The summed E-state index contributed by atoms with van der Waals surface area (Å²) in [5.41, 5.74) is 3.51. The predicted molar refractivity (Wildman–Crippen MR) is 228 cm³/mol. The average molecular weight is 819 g/mol. The third-order valence-corrected chi connectivity index (χ3v) is 17.2. The maximum atomic E-state index is 15.3. The summed E-state index contributed by atoms with van der Waals surface area (Å²) in [5.74, 6) is 0.111. The van der Waals surface area contributed by atoms with Gasteiger partial charge in [0.1, 0.15) is 5.75 Å². The van der Waals surface area contributed by atoms with Crippen molar-refractivity contribution in [2.75, 3.05) is 30.5 Å². The molecule has 2 fully saturated rings. The van der Waals surface area contributed by atoms with Crippen molar-refractivity contribution < 1.29 is 24.2 Å². The van der Waals surface area contributed by atoms with E-state index in [0.29, 0.717) is 35.9 Å². The molecule has 2 amide bonds. The van der Waals surface area contributed by atoms with E-state index in [0.717, 1.165) is 47.5 Å². The Hall–Kier alpha value is -4.85. The number of methoxy groups -OCH3 is 1. The van der Waals surface area contributed by atoms with Crippen molar-refractivity contribution in [2.45, 2.75) is 81.6 Å². The van der Waals surface area contributed by atoms with Gasteiger partial charge >= 0.3 is 0 Å². The summed E-state index contributed by atoms with van der Waals surface area (Å²) in [7, 11) is -0.736. The smallest absolute Gasteiger partial charge is 0.264 e. The first kappa shape index (κ1) is 39.9. The summed E-state index contributed by atoms with van der Waals surface area (Å²) in [4.78, 5) is 30.1. The van der Waals surface area contributed by atoms with Crippen molar-refractivity contribution in [2.24, 2.45) is 5.92 Å². The fourth-order valence-corrected chi connectivity index (χ4v) is 13.9. The third kappa shape index (κ3) is 7.37. The molecule has 8 rings (SSSR count). The summed E-state index contributed by atoms with van der Waals surface area (Å²) in [5, 5.41) is 27.4. The lowest BCUT2D eigenvalue weighted by atomic mass is 9.82. The maximum Gasteiger partial charge on any atom is 0.264 e. The molecule has 0 radical (unpaired) electrons. The molecule has 3 N–H and O–H groups in total. The van der Waals surface area contributed by atoms with E-state index >= 15 is 4.79 Å². The van der Waals surface area contributed by atoms with Crippen LogP contribution in [0, 0.1) is 5.92 Å². The van der Waals surface area contributed by atoms with Crippen LogP contribution in [-0.2, 0) is 33.0 Å². The van der Waals surface area contributed by atoms with Crippen molar-refractivity contribution in [3.63, 3.8) is 0 Å². The van der Waals surface area contributed by atoms with E-state index in [-0.39, 0.29) is 47.9 Å². The highest BCUT2D eigenvalue weighted by atomic mass is 35.5. The van der Waals surface area contributed by atoms with Crippen LogP contribution < -0.4 is 25.5 Å². The number of aromatic nitrogens is 3. The summed E-state index contributed by atoms with van der Waals surface area (Å²) in [6.07, 6.45) is 3.96. The van der Waals surface area contributed by atoms with Gasteiger partial charge in [-0.3, -0.25) is 14.3 Å². The minimum atomic E-state index is -2.41. The zero-order valence-corrected chi connectivity index (χ0v) is 35.2. The number of hydrogen-bond donors (Lipinski definition) is 3. The Balaban J connectivity index is 1.12. The number of hydrogen-bond acceptors (Lipinski definition) is 8. The molecule has 1 unspecified atom stereocenters. The molecule has 58 heavy (non-hydrogen) atoms. The van der Waals surface area contributed by atoms with Gasteiger partial charge < -0.3 is 30.1 Å². The number of benzene rings is 4. The Labute approximate surface area is 345 Å². The number of carbonyl (C=O) groups excluding carboxylic acids is 2. The summed E-state index contributed by atoms with van der Waals surface area (Å²) in [6, 6.07) is 31.3. The van der Waals surface area contributed by atoms with Crippen LogP contribution in [0.25, 0.3) is 0 Å². The van der Waals surface area contributed by atoms with Crippen LogP contribution in [0.2, 0.25) is 23.7 Å². The largest absolute Gasteiger partial charge is 0.497 e. The number of nitrogens with zero attached hydrogens (tertiary/aromatic N) is 4. The fraction of sp³-hybridized carbons (Fsp3) is 0.378. The number of amides is 2. The molecule has 1 spiro atoms. The third-order valence-electron chi connectivity index (χ3n) is 12.7. The Morgan fingerprint density at radius 3 is 2.60 bits per heavy atom. The average Bonchev–Trinajstić information content (AvgIpc) is 4.04. The Kier molecular flexibility index (Phi) is 11.3. The lowest BCUT2D eigenvalue weighted by Gasteiger charge is -2.37. The number of fused-ring (bicyclic) bond motifs is 2. The van der Waals surface area contributed by atoms with E-state index < -0.39 is 13.7 Å². The second kappa shape index (κ2) is 16.4. The molecule has 6 atom stereocenters. The number of aliphatic hydroxyl groups is 1. The summed E-state index contributed by atoms with van der Waals surface area (Å²) < 4.78 is 14.7. The highest BCUT2D eigenvalue weighted by Gasteiger charge is 2.66. The van der Waals surface area contributed by atoms with Gasteiger partial charge in [-0.05, 0) is 84.9 Å². The molecule has 11 nitrogen and oxygen atoms in total. The molecule has 0 saturated carbocycles. The SMILES string of the molecule is COc1ccc([Si](C)(C)[C@@H]2[C@@H](CCn3cc(C(CO)c4ccccc4)nn3)O[C@]3(C(=O)N(Cc4cccc(NC(=O)[C@H]5CCCN5)c4)c4ccc(Cl)cc43)[C@H]2C)cc1. The normalized spacial score (nSPS) is 23.3. The lowest BCUT2D eigenvalue weighted by molar-refractivity contribution is -0.146. The highest BCUT2D eigenvalue weighted by Crippen LogP contribution is 2.60. The van der Waals surface area contributed by atoms with E-state index in [1.807, 2.05) is 101 Å². The van der Waals surface area contributed by atoms with E-state index in [1.165, 1.54) is 5.19 Å². The molecule has 302 valence electrons. The van der Waals surface area contributed by atoms with Crippen molar-refractivity contribution >= 4 is 48.1 Å². The van der Waals surface area contributed by atoms with Crippen LogP contribution in [0.3, 0.4) is 0 Å². The summed E-state index contributed by atoms with van der Waals surface area (Å²) >= 11 is 6.75. The number of carbonyl (C=O) groups is 2. The minimum Gasteiger partial charge on any atom is -0.497 e.